The Bertz CT molecular complexity index is 848. The number of benzene rings is 1. The zero-order chi connectivity index (χ0) is 18.7. The van der Waals surface area contributed by atoms with Crippen molar-refractivity contribution in [2.24, 2.45) is 11.7 Å². The van der Waals surface area contributed by atoms with Gasteiger partial charge in [-0.2, -0.15) is 0 Å². The second-order valence-electron chi connectivity index (χ2n) is 6.64. The van der Waals surface area contributed by atoms with Gasteiger partial charge in [0, 0.05) is 18.3 Å². The third kappa shape index (κ3) is 4.25. The van der Waals surface area contributed by atoms with Gasteiger partial charge in [0.2, 0.25) is 5.91 Å². The molecule has 0 aliphatic carbocycles. The number of amides is 1. The molecule has 1 amide bonds. The van der Waals surface area contributed by atoms with Gasteiger partial charge in [0.1, 0.15) is 4.21 Å². The Morgan fingerprint density at radius 1 is 1.31 bits per heavy atom. The van der Waals surface area contributed by atoms with Crippen LogP contribution in [-0.4, -0.2) is 38.4 Å². The summed E-state index contributed by atoms with van der Waals surface area (Å²) in [5.74, 6) is 0.461. The molecule has 1 aliphatic heterocycles. The van der Waals surface area contributed by atoms with Gasteiger partial charge >= 0.3 is 0 Å². The zero-order valence-electron chi connectivity index (χ0n) is 14.6. The Labute approximate surface area is 158 Å². The van der Waals surface area contributed by atoms with Crippen LogP contribution in [0, 0.1) is 5.92 Å². The number of thiophene rings is 1. The molecule has 1 aromatic carbocycles. The van der Waals surface area contributed by atoms with Crippen LogP contribution < -0.4 is 10.5 Å². The Morgan fingerprint density at radius 3 is 2.62 bits per heavy atom. The van der Waals surface area contributed by atoms with Crippen LogP contribution in [-0.2, 0) is 21.2 Å². The van der Waals surface area contributed by atoms with Gasteiger partial charge in [0.25, 0.3) is 10.0 Å². The van der Waals surface area contributed by atoms with Crippen molar-refractivity contribution in [2.45, 2.75) is 30.0 Å². The number of carbonyl (C=O) groups excluding carboxylic acids is 1. The molecule has 2 aromatic rings. The molecule has 1 aromatic heterocycles. The summed E-state index contributed by atoms with van der Waals surface area (Å²) in [6.07, 6.45) is 1.26. The minimum absolute atomic E-state index is 0.0837. The van der Waals surface area contributed by atoms with Gasteiger partial charge in [-0.05, 0) is 54.9 Å². The van der Waals surface area contributed by atoms with Gasteiger partial charge in [0.05, 0.1) is 6.42 Å². The van der Waals surface area contributed by atoms with Crippen molar-refractivity contribution in [3.8, 4) is 0 Å². The highest BCUT2D eigenvalue weighted by Crippen LogP contribution is 2.24. The molecule has 0 bridgehead atoms. The molecule has 2 unspecified atom stereocenters. The van der Waals surface area contributed by atoms with E-state index in [1.807, 2.05) is 4.90 Å². The molecular weight excluding hydrogens is 370 g/mol. The highest BCUT2D eigenvalue weighted by Gasteiger charge is 2.31. The SMILES string of the molecule is CC1CC(CN)CN1C(=O)Cc1ccc(NS(=O)(=O)c2cccs2)cc1. The Hall–Kier alpha value is -1.90. The highest BCUT2D eigenvalue weighted by atomic mass is 32.2. The van der Waals surface area contributed by atoms with Crippen molar-refractivity contribution < 1.29 is 13.2 Å². The molecule has 6 nitrogen and oxygen atoms in total. The lowest BCUT2D eigenvalue weighted by Crippen LogP contribution is -2.35. The number of nitrogens with zero attached hydrogens (tertiary/aromatic N) is 1. The van der Waals surface area contributed by atoms with Gasteiger partial charge in [-0.3, -0.25) is 9.52 Å². The topological polar surface area (TPSA) is 92.5 Å². The lowest BCUT2D eigenvalue weighted by molar-refractivity contribution is -0.131. The van der Waals surface area contributed by atoms with E-state index in [0.717, 1.165) is 18.5 Å². The monoisotopic (exact) mass is 393 g/mol. The van der Waals surface area contributed by atoms with Gasteiger partial charge in [-0.25, -0.2) is 8.42 Å². The van der Waals surface area contributed by atoms with Crippen molar-refractivity contribution in [3.05, 3.63) is 47.3 Å². The minimum atomic E-state index is -3.55. The molecule has 0 spiro atoms. The van der Waals surface area contributed by atoms with Crippen LogP contribution in [0.15, 0.2) is 46.0 Å². The smallest absolute Gasteiger partial charge is 0.271 e. The average Bonchev–Trinajstić information content (AvgIpc) is 3.26. The maximum Gasteiger partial charge on any atom is 0.271 e. The van der Waals surface area contributed by atoms with Crippen molar-refractivity contribution in [3.63, 3.8) is 0 Å². The number of carbonyl (C=O) groups is 1. The second-order valence-corrected chi connectivity index (χ2v) is 9.50. The number of sulfonamides is 1. The molecule has 26 heavy (non-hydrogen) atoms. The lowest BCUT2D eigenvalue weighted by Gasteiger charge is -2.21. The Morgan fingerprint density at radius 2 is 2.04 bits per heavy atom. The van der Waals surface area contributed by atoms with Crippen molar-refractivity contribution in [1.82, 2.24) is 4.90 Å². The van der Waals surface area contributed by atoms with Gasteiger partial charge in [-0.15, -0.1) is 11.3 Å². The molecule has 0 saturated carbocycles. The van der Waals surface area contributed by atoms with E-state index in [2.05, 4.69) is 11.6 Å². The highest BCUT2D eigenvalue weighted by molar-refractivity contribution is 7.94. The van der Waals surface area contributed by atoms with E-state index in [-0.39, 0.29) is 16.2 Å². The zero-order valence-corrected chi connectivity index (χ0v) is 16.2. The summed E-state index contributed by atoms with van der Waals surface area (Å²) in [6.45, 7) is 3.37. The number of rotatable bonds is 6. The maximum atomic E-state index is 12.5. The first-order valence-corrected chi connectivity index (χ1v) is 10.9. The summed E-state index contributed by atoms with van der Waals surface area (Å²) in [4.78, 5) is 14.4. The van der Waals surface area contributed by atoms with E-state index in [1.54, 1.807) is 41.8 Å². The quantitative estimate of drug-likeness (QED) is 0.787. The lowest BCUT2D eigenvalue weighted by atomic mass is 10.1. The Kier molecular flexibility index (Phi) is 5.64. The summed E-state index contributed by atoms with van der Waals surface area (Å²) in [5, 5.41) is 1.72. The van der Waals surface area contributed by atoms with Crippen LogP contribution in [0.2, 0.25) is 0 Å². The van der Waals surface area contributed by atoms with Gasteiger partial charge < -0.3 is 10.6 Å². The molecule has 2 atom stereocenters. The number of nitrogens with one attached hydrogen (secondary N) is 1. The standard InChI is InChI=1S/C18H23N3O3S2/c1-13-9-15(11-19)12-21(13)17(22)10-14-4-6-16(7-5-14)20-26(23,24)18-3-2-8-25-18/h2-8,13,15,20H,9-12,19H2,1H3. The van der Waals surface area contributed by atoms with Crippen molar-refractivity contribution in [1.29, 1.82) is 0 Å². The molecule has 0 radical (unpaired) electrons. The third-order valence-corrected chi connectivity index (χ3v) is 7.42. The second kappa shape index (κ2) is 7.77. The minimum Gasteiger partial charge on any atom is -0.339 e. The van der Waals surface area contributed by atoms with Gasteiger partial charge in [0.15, 0.2) is 0 Å². The van der Waals surface area contributed by atoms with E-state index in [0.29, 0.717) is 24.6 Å². The van der Waals surface area contributed by atoms with Crippen LogP contribution >= 0.6 is 11.3 Å². The third-order valence-electron chi connectivity index (χ3n) is 4.64. The summed E-state index contributed by atoms with van der Waals surface area (Å²) < 4.78 is 27.3. The molecule has 1 fully saturated rings. The van der Waals surface area contributed by atoms with E-state index < -0.39 is 10.0 Å². The number of hydrogen-bond acceptors (Lipinski definition) is 5. The number of nitrogens with two attached hydrogens (primary N) is 1. The normalized spacial score (nSPS) is 20.3. The first kappa shape index (κ1) is 18.9. The fourth-order valence-corrected chi connectivity index (χ4v) is 5.30. The van der Waals surface area contributed by atoms with Crippen molar-refractivity contribution in [2.75, 3.05) is 17.8 Å². The fourth-order valence-electron chi connectivity index (χ4n) is 3.25. The number of hydrogen-bond donors (Lipinski definition) is 2. The van der Waals surface area contributed by atoms with E-state index in [9.17, 15) is 13.2 Å². The molecular formula is C18H23N3O3S2. The molecule has 3 rings (SSSR count). The summed E-state index contributed by atoms with van der Waals surface area (Å²) >= 11 is 1.17. The first-order valence-electron chi connectivity index (χ1n) is 8.54. The molecule has 8 heteroatoms. The molecule has 140 valence electrons. The Balaban J connectivity index is 1.62. The molecule has 1 saturated heterocycles. The molecule has 3 N–H and O–H groups in total. The fraction of sp³-hybridized carbons (Fsp3) is 0.389. The summed E-state index contributed by atoms with van der Waals surface area (Å²) in [6, 6.07) is 10.4. The van der Waals surface area contributed by atoms with Crippen LogP contribution in [0.1, 0.15) is 18.9 Å². The van der Waals surface area contributed by atoms with Crippen molar-refractivity contribution >= 4 is 33.0 Å². The maximum absolute atomic E-state index is 12.5. The van der Waals surface area contributed by atoms with E-state index >= 15 is 0 Å². The predicted octanol–water partition coefficient (Wildman–Crippen LogP) is 2.29. The predicted molar refractivity (Wildman–Crippen MR) is 104 cm³/mol. The number of likely N-dealkylation sites (tertiary alicyclic amines) is 1. The number of anilines is 1. The van der Waals surface area contributed by atoms with Crippen LogP contribution in [0.4, 0.5) is 5.69 Å². The molecule has 1 aliphatic rings. The van der Waals surface area contributed by atoms with E-state index in [1.165, 1.54) is 11.3 Å². The largest absolute Gasteiger partial charge is 0.339 e. The van der Waals surface area contributed by atoms with Crippen LogP contribution in [0.5, 0.6) is 0 Å². The van der Waals surface area contributed by atoms with Crippen LogP contribution in [0.25, 0.3) is 0 Å². The van der Waals surface area contributed by atoms with E-state index in [4.69, 9.17) is 5.73 Å². The first-order chi connectivity index (χ1) is 12.4. The summed E-state index contributed by atoms with van der Waals surface area (Å²) in [5.41, 5.74) is 7.06. The summed E-state index contributed by atoms with van der Waals surface area (Å²) in [7, 11) is -3.55. The van der Waals surface area contributed by atoms with Gasteiger partial charge in [-0.1, -0.05) is 18.2 Å². The average molecular weight is 394 g/mol. The molecule has 2 heterocycles. The van der Waals surface area contributed by atoms with Crippen LogP contribution in [0.3, 0.4) is 0 Å².